The molecular weight excluding hydrogens is 492 g/mol. The van der Waals surface area contributed by atoms with Gasteiger partial charge in [0.1, 0.15) is 5.75 Å². The standard InChI is InChI=1S/C32H36N2O5/c1-33(24-12-14-39-15-13-24)31(35)23-16-22-17-25(38-2)9-11-26(22)30-29(20-6-4-3-5-7-20)27-10-8-21(32(36)37)18-28(27)34(30)19-23/h8-11,16-18,20,24H,3-7,12-15,19H2,1-2H3,(H,36,37). The van der Waals surface area contributed by atoms with Crippen LogP contribution in [-0.4, -0.2) is 59.9 Å². The number of ether oxygens (including phenoxy) is 2. The molecule has 1 aromatic heterocycles. The zero-order valence-corrected chi connectivity index (χ0v) is 22.7. The maximum absolute atomic E-state index is 14.0. The van der Waals surface area contributed by atoms with Crippen LogP contribution in [0.5, 0.6) is 5.75 Å². The molecule has 39 heavy (non-hydrogen) atoms. The molecule has 6 rings (SSSR count). The molecular formula is C32H36N2O5. The third-order valence-electron chi connectivity index (χ3n) is 8.87. The summed E-state index contributed by atoms with van der Waals surface area (Å²) in [5.74, 6) is 0.187. The number of benzene rings is 2. The van der Waals surface area contributed by atoms with Crippen molar-refractivity contribution in [2.75, 3.05) is 27.4 Å². The van der Waals surface area contributed by atoms with E-state index in [1.54, 1.807) is 19.2 Å². The summed E-state index contributed by atoms with van der Waals surface area (Å²) in [5.41, 5.74) is 6.22. The summed E-state index contributed by atoms with van der Waals surface area (Å²) in [6.07, 6.45) is 9.53. The normalized spacial score (nSPS) is 18.2. The first kappa shape index (κ1) is 25.7. The van der Waals surface area contributed by atoms with E-state index in [0.29, 0.717) is 31.2 Å². The Bertz CT molecular complexity index is 1460. The lowest BCUT2D eigenvalue weighted by Crippen LogP contribution is -2.41. The molecule has 1 saturated heterocycles. The van der Waals surface area contributed by atoms with Gasteiger partial charge in [-0.1, -0.05) is 25.3 Å². The fraction of sp³-hybridized carbons (Fsp3) is 0.438. The summed E-state index contributed by atoms with van der Waals surface area (Å²) in [5, 5.41) is 10.9. The molecule has 1 amide bonds. The average molecular weight is 529 g/mol. The quantitative estimate of drug-likeness (QED) is 0.433. The number of amides is 1. The molecule has 1 N–H and O–H groups in total. The summed E-state index contributed by atoms with van der Waals surface area (Å²) in [7, 11) is 3.55. The smallest absolute Gasteiger partial charge is 0.335 e. The lowest BCUT2D eigenvalue weighted by molar-refractivity contribution is -0.129. The average Bonchev–Trinajstić information content (AvgIpc) is 3.19. The molecule has 1 saturated carbocycles. The number of methoxy groups -OCH3 is 1. The number of aromatic carboxylic acids is 1. The Balaban J connectivity index is 1.57. The Kier molecular flexibility index (Phi) is 6.94. The van der Waals surface area contributed by atoms with Crippen LogP contribution in [0.3, 0.4) is 0 Å². The minimum absolute atomic E-state index is 0.000949. The van der Waals surface area contributed by atoms with Crippen molar-refractivity contribution in [3.8, 4) is 17.0 Å². The van der Waals surface area contributed by atoms with Gasteiger partial charge in [-0.3, -0.25) is 4.79 Å². The van der Waals surface area contributed by atoms with Gasteiger partial charge in [0, 0.05) is 48.3 Å². The lowest BCUT2D eigenvalue weighted by Gasteiger charge is -2.32. The highest BCUT2D eigenvalue weighted by Crippen LogP contribution is 2.47. The molecule has 204 valence electrons. The minimum atomic E-state index is -0.948. The number of likely N-dealkylation sites (N-methyl/N-ethyl adjacent to an activating group) is 1. The van der Waals surface area contributed by atoms with Crippen molar-refractivity contribution < 1.29 is 24.2 Å². The molecule has 1 aliphatic carbocycles. The van der Waals surface area contributed by atoms with Crippen molar-refractivity contribution in [3.63, 3.8) is 0 Å². The van der Waals surface area contributed by atoms with Gasteiger partial charge in [-0.25, -0.2) is 4.79 Å². The largest absolute Gasteiger partial charge is 0.497 e. The number of carboxylic acid groups (broad SMARTS) is 1. The number of aromatic nitrogens is 1. The maximum atomic E-state index is 14.0. The summed E-state index contributed by atoms with van der Waals surface area (Å²) in [6, 6.07) is 11.7. The van der Waals surface area contributed by atoms with Gasteiger partial charge in [0.25, 0.3) is 5.91 Å². The first-order chi connectivity index (χ1) is 19.0. The molecule has 7 heteroatoms. The third-order valence-corrected chi connectivity index (χ3v) is 8.87. The van der Waals surface area contributed by atoms with E-state index in [-0.39, 0.29) is 17.5 Å². The van der Waals surface area contributed by atoms with Crippen LogP contribution in [0.25, 0.3) is 28.2 Å². The van der Waals surface area contributed by atoms with Gasteiger partial charge in [-0.15, -0.1) is 0 Å². The molecule has 3 aliphatic rings. The monoisotopic (exact) mass is 528 g/mol. The molecule has 2 aromatic carbocycles. The summed E-state index contributed by atoms with van der Waals surface area (Å²) in [4.78, 5) is 27.9. The van der Waals surface area contributed by atoms with E-state index in [9.17, 15) is 14.7 Å². The molecule has 0 unspecified atom stereocenters. The number of hydrogen-bond acceptors (Lipinski definition) is 4. The van der Waals surface area contributed by atoms with E-state index >= 15 is 0 Å². The Labute approximate surface area is 229 Å². The van der Waals surface area contributed by atoms with E-state index in [4.69, 9.17) is 9.47 Å². The number of nitrogens with zero attached hydrogens (tertiary/aromatic N) is 2. The molecule has 3 aromatic rings. The minimum Gasteiger partial charge on any atom is -0.497 e. The number of rotatable bonds is 5. The van der Waals surface area contributed by atoms with E-state index in [2.05, 4.69) is 10.6 Å². The highest BCUT2D eigenvalue weighted by atomic mass is 16.5. The van der Waals surface area contributed by atoms with E-state index in [1.165, 1.54) is 24.8 Å². The Morgan fingerprint density at radius 2 is 1.79 bits per heavy atom. The fourth-order valence-electron chi connectivity index (χ4n) is 6.77. The molecule has 3 heterocycles. The summed E-state index contributed by atoms with van der Waals surface area (Å²) in [6.45, 7) is 1.71. The second kappa shape index (κ2) is 10.5. The first-order valence-corrected chi connectivity index (χ1v) is 14.1. The summed E-state index contributed by atoms with van der Waals surface area (Å²) < 4.78 is 13.3. The second-order valence-electron chi connectivity index (χ2n) is 11.1. The molecule has 2 aliphatic heterocycles. The third kappa shape index (κ3) is 4.63. The second-order valence-corrected chi connectivity index (χ2v) is 11.1. The zero-order valence-electron chi connectivity index (χ0n) is 22.7. The van der Waals surface area contributed by atoms with Gasteiger partial charge in [-0.2, -0.15) is 0 Å². The van der Waals surface area contributed by atoms with E-state index in [0.717, 1.165) is 59.2 Å². The SMILES string of the molecule is COc1ccc2c(c1)C=C(C(=O)N(C)C1CCOCC1)Cn1c-2c(C2CCCCC2)c2ccc(C(=O)O)cc21. The predicted molar refractivity (Wildman–Crippen MR) is 151 cm³/mol. The van der Waals surface area contributed by atoms with Gasteiger partial charge in [0.15, 0.2) is 0 Å². The van der Waals surface area contributed by atoms with Crippen LogP contribution in [0.15, 0.2) is 42.0 Å². The van der Waals surface area contributed by atoms with Crippen molar-refractivity contribution in [2.24, 2.45) is 0 Å². The van der Waals surface area contributed by atoms with Crippen molar-refractivity contribution in [2.45, 2.75) is 63.5 Å². The van der Waals surface area contributed by atoms with Gasteiger partial charge < -0.3 is 24.0 Å². The van der Waals surface area contributed by atoms with Gasteiger partial charge in [0.05, 0.1) is 24.9 Å². The van der Waals surface area contributed by atoms with E-state index in [1.807, 2.05) is 36.2 Å². The highest BCUT2D eigenvalue weighted by Gasteiger charge is 2.32. The maximum Gasteiger partial charge on any atom is 0.335 e. The van der Waals surface area contributed by atoms with Crippen molar-refractivity contribution in [3.05, 3.63) is 58.7 Å². The number of fused-ring (bicyclic) bond motifs is 5. The van der Waals surface area contributed by atoms with Crippen molar-refractivity contribution in [1.82, 2.24) is 9.47 Å². The van der Waals surface area contributed by atoms with Crippen molar-refractivity contribution in [1.29, 1.82) is 0 Å². The van der Waals surface area contributed by atoms with Gasteiger partial charge in [0.2, 0.25) is 0 Å². The van der Waals surface area contributed by atoms with Crippen LogP contribution in [0.4, 0.5) is 0 Å². The van der Waals surface area contributed by atoms with Crippen LogP contribution >= 0.6 is 0 Å². The number of hydrogen-bond donors (Lipinski definition) is 1. The first-order valence-electron chi connectivity index (χ1n) is 14.1. The van der Waals surface area contributed by atoms with E-state index < -0.39 is 5.97 Å². The zero-order chi connectivity index (χ0) is 27.1. The fourth-order valence-corrected chi connectivity index (χ4v) is 6.77. The van der Waals surface area contributed by atoms with Gasteiger partial charge >= 0.3 is 5.97 Å². The molecule has 0 spiro atoms. The molecule has 0 radical (unpaired) electrons. The molecule has 0 atom stereocenters. The van der Waals surface area contributed by atoms with Crippen molar-refractivity contribution >= 4 is 28.9 Å². The number of carboxylic acids is 1. The van der Waals surface area contributed by atoms with Crippen LogP contribution < -0.4 is 4.74 Å². The topological polar surface area (TPSA) is 81.0 Å². The molecule has 0 bridgehead atoms. The number of carbonyl (C=O) groups excluding carboxylic acids is 1. The summed E-state index contributed by atoms with van der Waals surface area (Å²) >= 11 is 0. The predicted octanol–water partition coefficient (Wildman–Crippen LogP) is 6.10. The molecule has 7 nitrogen and oxygen atoms in total. The van der Waals surface area contributed by atoms with Crippen LogP contribution in [0.2, 0.25) is 0 Å². The lowest BCUT2D eigenvalue weighted by atomic mass is 9.81. The van der Waals surface area contributed by atoms with Crippen LogP contribution in [0, 0.1) is 0 Å². The highest BCUT2D eigenvalue weighted by molar-refractivity contribution is 6.03. The van der Waals surface area contributed by atoms with Crippen LogP contribution in [-0.2, 0) is 16.1 Å². The van der Waals surface area contributed by atoms with Crippen LogP contribution in [0.1, 0.15) is 72.3 Å². The molecule has 2 fully saturated rings. The number of carbonyl (C=O) groups is 2. The van der Waals surface area contributed by atoms with Gasteiger partial charge in [-0.05, 0) is 79.1 Å². The Hall–Kier alpha value is -3.58. The Morgan fingerprint density at radius 1 is 1.03 bits per heavy atom. The Morgan fingerprint density at radius 3 is 2.51 bits per heavy atom.